The molecule has 2 aromatic heterocycles. The summed E-state index contributed by atoms with van der Waals surface area (Å²) in [7, 11) is 0. The zero-order valence-electron chi connectivity index (χ0n) is 16.0. The molecular formula is C21H23ClN4O2. The summed E-state index contributed by atoms with van der Waals surface area (Å²) in [5.41, 5.74) is 2.65. The molecule has 1 aliphatic rings. The van der Waals surface area contributed by atoms with Gasteiger partial charge >= 0.3 is 0 Å². The van der Waals surface area contributed by atoms with Crippen LogP contribution in [-0.2, 0) is 11.3 Å². The van der Waals surface area contributed by atoms with Gasteiger partial charge in [-0.15, -0.1) is 0 Å². The lowest BCUT2D eigenvalue weighted by Gasteiger charge is -2.33. The molecule has 1 aromatic carbocycles. The van der Waals surface area contributed by atoms with E-state index in [1.165, 1.54) is 6.33 Å². The van der Waals surface area contributed by atoms with Crippen LogP contribution < -0.4 is 10.2 Å². The van der Waals surface area contributed by atoms with Crippen molar-refractivity contribution in [3.8, 4) is 0 Å². The fourth-order valence-electron chi connectivity index (χ4n) is 3.77. The number of amides is 1. The first-order valence-electron chi connectivity index (χ1n) is 9.50. The molecule has 0 unspecified atom stereocenters. The maximum absolute atomic E-state index is 12.7. The Bertz CT molecular complexity index is 1020. The quantitative estimate of drug-likeness (QED) is 0.718. The number of aromatic nitrogens is 2. The normalized spacial score (nSPS) is 17.1. The summed E-state index contributed by atoms with van der Waals surface area (Å²) in [4.78, 5) is 23.7. The first-order chi connectivity index (χ1) is 13.5. The molecule has 3 aromatic rings. The van der Waals surface area contributed by atoms with Crippen LogP contribution >= 0.6 is 11.6 Å². The Morgan fingerprint density at radius 3 is 3.04 bits per heavy atom. The van der Waals surface area contributed by atoms with E-state index in [-0.39, 0.29) is 11.8 Å². The molecule has 146 valence electrons. The van der Waals surface area contributed by atoms with Gasteiger partial charge in [0.15, 0.2) is 0 Å². The Morgan fingerprint density at radius 1 is 1.36 bits per heavy atom. The van der Waals surface area contributed by atoms with Crippen LogP contribution in [0.2, 0.25) is 5.02 Å². The molecule has 1 amide bonds. The first kappa shape index (κ1) is 18.7. The van der Waals surface area contributed by atoms with Crippen LogP contribution in [-0.4, -0.2) is 29.0 Å². The highest BCUT2D eigenvalue weighted by Crippen LogP contribution is 2.32. The van der Waals surface area contributed by atoms with Crippen molar-refractivity contribution in [3.05, 3.63) is 52.5 Å². The van der Waals surface area contributed by atoms with Crippen molar-refractivity contribution >= 4 is 34.4 Å². The van der Waals surface area contributed by atoms with Gasteiger partial charge in [-0.3, -0.25) is 4.79 Å². The molecule has 0 saturated carbocycles. The van der Waals surface area contributed by atoms with Crippen LogP contribution in [0.1, 0.15) is 29.7 Å². The number of carbonyl (C=O) groups is 1. The van der Waals surface area contributed by atoms with E-state index >= 15 is 0 Å². The first-order valence-corrected chi connectivity index (χ1v) is 9.88. The molecular weight excluding hydrogens is 376 g/mol. The third kappa shape index (κ3) is 3.69. The number of benzene rings is 1. The average molecular weight is 399 g/mol. The molecule has 1 saturated heterocycles. The molecule has 0 aliphatic carbocycles. The highest BCUT2D eigenvalue weighted by Gasteiger charge is 2.28. The molecule has 3 heterocycles. The highest BCUT2D eigenvalue weighted by molar-refractivity contribution is 6.30. The topological polar surface area (TPSA) is 71.3 Å². The molecule has 1 aliphatic heterocycles. The van der Waals surface area contributed by atoms with Crippen molar-refractivity contribution in [1.29, 1.82) is 0 Å². The number of nitrogens with zero attached hydrogens (tertiary/aromatic N) is 3. The van der Waals surface area contributed by atoms with Crippen molar-refractivity contribution in [2.75, 3.05) is 18.0 Å². The second-order valence-corrected chi connectivity index (χ2v) is 7.73. The van der Waals surface area contributed by atoms with Crippen molar-refractivity contribution in [3.63, 3.8) is 0 Å². The standard InChI is InChI=1S/C21H23ClN4O2/c1-13-14(2)28-21-18(13)19(24-12-25-21)26-8-4-6-16(11-26)20(27)23-10-15-5-3-7-17(22)9-15/h3,5,7,9,12,16H,4,6,8,10-11H2,1-2H3,(H,23,27)/t16-/m1/s1. The summed E-state index contributed by atoms with van der Waals surface area (Å²) in [6, 6.07) is 7.55. The molecule has 1 atom stereocenters. The van der Waals surface area contributed by atoms with Gasteiger partial charge in [0.1, 0.15) is 17.9 Å². The summed E-state index contributed by atoms with van der Waals surface area (Å²) in [6.45, 7) is 5.94. The predicted octanol–water partition coefficient (Wildman–Crippen LogP) is 4.03. The lowest BCUT2D eigenvalue weighted by molar-refractivity contribution is -0.125. The smallest absolute Gasteiger partial charge is 0.231 e. The Hall–Kier alpha value is -2.60. The predicted molar refractivity (Wildman–Crippen MR) is 110 cm³/mol. The van der Waals surface area contributed by atoms with Gasteiger partial charge in [0.2, 0.25) is 11.6 Å². The van der Waals surface area contributed by atoms with Gasteiger partial charge in [-0.05, 0) is 44.4 Å². The van der Waals surface area contributed by atoms with Crippen LogP contribution in [0.25, 0.3) is 11.1 Å². The van der Waals surface area contributed by atoms with Crippen LogP contribution in [0.4, 0.5) is 5.82 Å². The maximum atomic E-state index is 12.7. The summed E-state index contributed by atoms with van der Waals surface area (Å²) in [5.74, 6) is 1.69. The number of anilines is 1. The molecule has 0 bridgehead atoms. The monoisotopic (exact) mass is 398 g/mol. The van der Waals surface area contributed by atoms with Gasteiger partial charge < -0.3 is 14.6 Å². The number of rotatable bonds is 4. The number of furan rings is 1. The Morgan fingerprint density at radius 2 is 2.21 bits per heavy atom. The number of fused-ring (bicyclic) bond motifs is 1. The second-order valence-electron chi connectivity index (χ2n) is 7.29. The Balaban J connectivity index is 1.48. The molecule has 7 heteroatoms. The van der Waals surface area contributed by atoms with E-state index in [0.717, 1.165) is 47.5 Å². The maximum Gasteiger partial charge on any atom is 0.231 e. The molecule has 6 nitrogen and oxygen atoms in total. The number of piperidine rings is 1. The van der Waals surface area contributed by atoms with Gasteiger partial charge in [0, 0.05) is 30.2 Å². The fourth-order valence-corrected chi connectivity index (χ4v) is 3.98. The molecule has 1 fully saturated rings. The summed E-state index contributed by atoms with van der Waals surface area (Å²) in [5, 5.41) is 4.66. The Labute approximate surface area is 168 Å². The minimum atomic E-state index is -0.0775. The third-order valence-electron chi connectivity index (χ3n) is 5.39. The number of hydrogen-bond acceptors (Lipinski definition) is 5. The third-order valence-corrected chi connectivity index (χ3v) is 5.63. The SMILES string of the molecule is Cc1oc2ncnc(N3CCC[C@@H](C(=O)NCc4cccc(Cl)c4)C3)c2c1C. The van der Waals surface area contributed by atoms with Gasteiger partial charge in [-0.2, -0.15) is 0 Å². The number of halogens is 1. The average Bonchev–Trinajstić information content (AvgIpc) is 3.00. The molecule has 4 rings (SSSR count). The van der Waals surface area contributed by atoms with Crippen LogP contribution in [0.3, 0.4) is 0 Å². The molecule has 0 radical (unpaired) electrons. The molecule has 0 spiro atoms. The summed E-state index contributed by atoms with van der Waals surface area (Å²) in [6.07, 6.45) is 3.34. The molecule has 1 N–H and O–H groups in total. The zero-order chi connectivity index (χ0) is 19.7. The second kappa shape index (κ2) is 7.80. The van der Waals surface area contributed by atoms with E-state index in [4.69, 9.17) is 16.0 Å². The number of aryl methyl sites for hydroxylation is 2. The van der Waals surface area contributed by atoms with Crippen molar-refractivity contribution < 1.29 is 9.21 Å². The van der Waals surface area contributed by atoms with Crippen LogP contribution in [0.5, 0.6) is 0 Å². The number of hydrogen-bond donors (Lipinski definition) is 1. The van der Waals surface area contributed by atoms with E-state index in [9.17, 15) is 4.79 Å². The van der Waals surface area contributed by atoms with E-state index < -0.39 is 0 Å². The number of carbonyl (C=O) groups excluding carboxylic acids is 1. The number of nitrogens with one attached hydrogen (secondary N) is 1. The van der Waals surface area contributed by atoms with Gasteiger partial charge in [-0.1, -0.05) is 23.7 Å². The van der Waals surface area contributed by atoms with Gasteiger partial charge in [0.05, 0.1) is 11.3 Å². The Kier molecular flexibility index (Phi) is 5.22. The van der Waals surface area contributed by atoms with E-state index in [1.807, 2.05) is 38.1 Å². The van der Waals surface area contributed by atoms with Crippen molar-refractivity contribution in [1.82, 2.24) is 15.3 Å². The van der Waals surface area contributed by atoms with Gasteiger partial charge in [0.25, 0.3) is 0 Å². The van der Waals surface area contributed by atoms with Crippen molar-refractivity contribution in [2.45, 2.75) is 33.2 Å². The van der Waals surface area contributed by atoms with Crippen molar-refractivity contribution in [2.24, 2.45) is 5.92 Å². The van der Waals surface area contributed by atoms with Crippen LogP contribution in [0, 0.1) is 19.8 Å². The fraction of sp³-hybridized carbons (Fsp3) is 0.381. The van der Waals surface area contributed by atoms with Crippen LogP contribution in [0.15, 0.2) is 35.0 Å². The highest BCUT2D eigenvalue weighted by atomic mass is 35.5. The lowest BCUT2D eigenvalue weighted by Crippen LogP contribution is -2.43. The minimum absolute atomic E-state index is 0.0649. The largest absolute Gasteiger partial charge is 0.443 e. The lowest BCUT2D eigenvalue weighted by atomic mass is 9.96. The van der Waals surface area contributed by atoms with E-state index in [2.05, 4.69) is 20.2 Å². The van der Waals surface area contributed by atoms with E-state index in [0.29, 0.717) is 23.8 Å². The van der Waals surface area contributed by atoms with E-state index in [1.54, 1.807) is 0 Å². The summed E-state index contributed by atoms with van der Waals surface area (Å²) < 4.78 is 5.73. The minimum Gasteiger partial charge on any atom is -0.443 e. The molecule has 28 heavy (non-hydrogen) atoms. The zero-order valence-corrected chi connectivity index (χ0v) is 16.8. The summed E-state index contributed by atoms with van der Waals surface area (Å²) >= 11 is 6.02. The van der Waals surface area contributed by atoms with Gasteiger partial charge in [-0.25, -0.2) is 9.97 Å².